The van der Waals surface area contributed by atoms with Gasteiger partial charge in [0, 0.05) is 5.56 Å². The molecule has 0 fully saturated rings. The lowest BCUT2D eigenvalue weighted by Crippen LogP contribution is -2.11. The molecule has 0 unspecified atom stereocenters. The van der Waals surface area contributed by atoms with E-state index in [0.717, 1.165) is 48.2 Å². The largest absolute Gasteiger partial charge is 0.293 e. The number of fused-ring (bicyclic) bond motifs is 1. The Kier molecular flexibility index (Phi) is 5.07. The molecule has 0 saturated carbocycles. The smallest absolute Gasteiger partial charge is 0.209 e. The molecule has 0 aliphatic heterocycles. The Balaban J connectivity index is 1.40. The molecule has 2 aromatic carbocycles. The van der Waals surface area contributed by atoms with Crippen molar-refractivity contribution in [1.82, 2.24) is 15.2 Å². The van der Waals surface area contributed by atoms with E-state index in [9.17, 15) is 4.79 Å². The van der Waals surface area contributed by atoms with E-state index >= 15 is 0 Å². The number of nitrogens with zero attached hydrogens (tertiary/aromatic N) is 3. The van der Waals surface area contributed by atoms with Crippen molar-refractivity contribution in [3.05, 3.63) is 71.5 Å². The molecular formula is C21H19N3OS. The molecule has 0 saturated heterocycles. The maximum Gasteiger partial charge on any atom is 0.209 e. The van der Waals surface area contributed by atoms with Crippen LogP contribution in [0.2, 0.25) is 0 Å². The topological polar surface area (TPSA) is 55.7 Å². The first-order valence-electron chi connectivity index (χ1n) is 8.83. The van der Waals surface area contributed by atoms with Crippen molar-refractivity contribution in [1.29, 1.82) is 0 Å². The summed E-state index contributed by atoms with van der Waals surface area (Å²) in [5, 5.41) is 9.03. The Hall–Kier alpha value is -2.53. The summed E-state index contributed by atoms with van der Waals surface area (Å²) in [5.41, 5.74) is 5.03. The summed E-state index contributed by atoms with van der Waals surface area (Å²) >= 11 is 1.36. The highest BCUT2D eigenvalue weighted by atomic mass is 32.2. The van der Waals surface area contributed by atoms with Crippen LogP contribution < -0.4 is 0 Å². The second-order valence-corrected chi connectivity index (χ2v) is 7.29. The molecule has 0 radical (unpaired) electrons. The fourth-order valence-corrected chi connectivity index (χ4v) is 3.80. The monoisotopic (exact) mass is 361 g/mol. The van der Waals surface area contributed by atoms with E-state index in [1.165, 1.54) is 11.8 Å². The van der Waals surface area contributed by atoms with E-state index in [1.807, 2.05) is 42.5 Å². The molecule has 5 heteroatoms. The number of rotatable bonds is 5. The summed E-state index contributed by atoms with van der Waals surface area (Å²) in [6.45, 7) is 0. The van der Waals surface area contributed by atoms with Gasteiger partial charge in [0.15, 0.2) is 5.78 Å². The maximum atomic E-state index is 12.5. The predicted molar refractivity (Wildman–Crippen MR) is 103 cm³/mol. The molecule has 0 N–H and O–H groups in total. The van der Waals surface area contributed by atoms with Crippen molar-refractivity contribution in [2.24, 2.45) is 0 Å². The zero-order valence-corrected chi connectivity index (χ0v) is 15.2. The van der Waals surface area contributed by atoms with Crippen LogP contribution in [0.5, 0.6) is 0 Å². The van der Waals surface area contributed by atoms with Crippen molar-refractivity contribution in [3.8, 4) is 11.1 Å². The molecule has 0 amide bonds. The third-order valence-electron chi connectivity index (χ3n) is 4.54. The zero-order valence-electron chi connectivity index (χ0n) is 14.4. The first-order chi connectivity index (χ1) is 12.8. The molecule has 4 rings (SSSR count). The highest BCUT2D eigenvalue weighted by molar-refractivity contribution is 7.99. The fraction of sp³-hybridized carbons (Fsp3) is 0.238. The lowest BCUT2D eigenvalue weighted by molar-refractivity contribution is 0.102. The second kappa shape index (κ2) is 7.79. The van der Waals surface area contributed by atoms with Crippen LogP contribution in [0.4, 0.5) is 0 Å². The Bertz CT molecular complexity index is 910. The van der Waals surface area contributed by atoms with Crippen molar-refractivity contribution in [3.63, 3.8) is 0 Å². The van der Waals surface area contributed by atoms with E-state index in [0.29, 0.717) is 16.5 Å². The number of carbonyl (C=O) groups excluding carboxylic acids is 1. The van der Waals surface area contributed by atoms with Crippen LogP contribution in [0.1, 0.15) is 34.6 Å². The van der Waals surface area contributed by atoms with Crippen molar-refractivity contribution < 1.29 is 4.79 Å². The van der Waals surface area contributed by atoms with Crippen LogP contribution in [0.15, 0.2) is 59.8 Å². The summed E-state index contributed by atoms with van der Waals surface area (Å²) in [6, 6.07) is 17.9. The summed E-state index contributed by atoms with van der Waals surface area (Å²) in [7, 11) is 0. The van der Waals surface area contributed by atoms with Crippen LogP contribution in [0, 0.1) is 0 Å². The highest BCUT2D eigenvalue weighted by Gasteiger charge is 2.15. The number of benzene rings is 2. The Labute approximate surface area is 157 Å². The molecular weight excluding hydrogens is 342 g/mol. The number of hydrogen-bond donors (Lipinski definition) is 0. The van der Waals surface area contributed by atoms with Gasteiger partial charge in [-0.2, -0.15) is 5.10 Å². The molecule has 130 valence electrons. The Morgan fingerprint density at radius 1 is 0.846 bits per heavy atom. The minimum atomic E-state index is 0.0796. The average molecular weight is 361 g/mol. The molecule has 26 heavy (non-hydrogen) atoms. The van der Waals surface area contributed by atoms with Gasteiger partial charge >= 0.3 is 0 Å². The lowest BCUT2D eigenvalue weighted by atomic mass is 10.0. The van der Waals surface area contributed by atoms with Gasteiger partial charge in [-0.25, -0.2) is 4.98 Å². The van der Waals surface area contributed by atoms with Crippen LogP contribution in [-0.4, -0.2) is 26.7 Å². The Morgan fingerprint density at radius 3 is 2.31 bits per heavy atom. The van der Waals surface area contributed by atoms with E-state index in [-0.39, 0.29) is 5.78 Å². The first kappa shape index (κ1) is 16.9. The van der Waals surface area contributed by atoms with Crippen molar-refractivity contribution in [2.45, 2.75) is 30.8 Å². The van der Waals surface area contributed by atoms with Crippen LogP contribution in [-0.2, 0) is 12.8 Å². The van der Waals surface area contributed by atoms with Crippen LogP contribution in [0.25, 0.3) is 11.1 Å². The van der Waals surface area contributed by atoms with E-state index < -0.39 is 0 Å². The van der Waals surface area contributed by atoms with Gasteiger partial charge in [0.1, 0.15) is 0 Å². The summed E-state index contributed by atoms with van der Waals surface area (Å²) < 4.78 is 0. The maximum absolute atomic E-state index is 12.5. The number of aryl methyl sites for hydroxylation is 2. The third kappa shape index (κ3) is 3.83. The van der Waals surface area contributed by atoms with Gasteiger partial charge in [-0.1, -0.05) is 66.4 Å². The molecule has 1 aliphatic rings. The molecule has 0 atom stereocenters. The molecule has 4 nitrogen and oxygen atoms in total. The van der Waals surface area contributed by atoms with Gasteiger partial charge in [0.05, 0.1) is 17.1 Å². The van der Waals surface area contributed by atoms with Gasteiger partial charge < -0.3 is 0 Å². The molecule has 0 spiro atoms. The van der Waals surface area contributed by atoms with Crippen molar-refractivity contribution >= 4 is 17.5 Å². The highest BCUT2D eigenvalue weighted by Crippen LogP contribution is 2.22. The molecule has 1 heterocycles. The normalized spacial score (nSPS) is 13.2. The Morgan fingerprint density at radius 2 is 1.54 bits per heavy atom. The van der Waals surface area contributed by atoms with Gasteiger partial charge in [-0.15, -0.1) is 5.10 Å². The van der Waals surface area contributed by atoms with E-state index in [4.69, 9.17) is 0 Å². The summed E-state index contributed by atoms with van der Waals surface area (Å²) in [6.07, 6.45) is 4.25. The van der Waals surface area contributed by atoms with E-state index in [2.05, 4.69) is 27.3 Å². The van der Waals surface area contributed by atoms with Crippen LogP contribution in [0.3, 0.4) is 0 Å². The minimum absolute atomic E-state index is 0.0796. The minimum Gasteiger partial charge on any atom is -0.293 e. The average Bonchev–Trinajstić information content (AvgIpc) is 2.72. The number of carbonyl (C=O) groups is 1. The van der Waals surface area contributed by atoms with Gasteiger partial charge in [-0.05, 0) is 36.8 Å². The van der Waals surface area contributed by atoms with Crippen LogP contribution >= 0.6 is 11.8 Å². The number of Topliss-reactive ketones (excluding diaryl/α,β-unsaturated/α-hetero) is 1. The quantitative estimate of drug-likeness (QED) is 0.498. The van der Waals surface area contributed by atoms with Crippen molar-refractivity contribution in [2.75, 3.05) is 5.75 Å². The fourth-order valence-electron chi connectivity index (χ4n) is 3.10. The van der Waals surface area contributed by atoms with E-state index in [1.54, 1.807) is 0 Å². The van der Waals surface area contributed by atoms with Gasteiger partial charge in [0.25, 0.3) is 0 Å². The second-order valence-electron chi connectivity index (χ2n) is 6.35. The molecule has 1 aliphatic carbocycles. The summed E-state index contributed by atoms with van der Waals surface area (Å²) in [5.74, 6) is 0.404. The van der Waals surface area contributed by atoms with Gasteiger partial charge in [-0.3, -0.25) is 4.79 Å². The zero-order chi connectivity index (χ0) is 17.8. The third-order valence-corrected chi connectivity index (χ3v) is 5.38. The number of aromatic nitrogens is 3. The predicted octanol–water partition coefficient (Wildman–Crippen LogP) is 4.39. The first-order valence-corrected chi connectivity index (χ1v) is 9.82. The lowest BCUT2D eigenvalue weighted by Gasteiger charge is -2.12. The van der Waals surface area contributed by atoms with Gasteiger partial charge in [0.2, 0.25) is 5.16 Å². The molecule has 1 aromatic heterocycles. The number of hydrogen-bond acceptors (Lipinski definition) is 5. The standard InChI is InChI=1S/C21H19N3OS/c25-20(14-26-21-22-18-8-4-5-9-19(18)23-24-21)17-12-10-16(11-13-17)15-6-2-1-3-7-15/h1-3,6-7,10-13H,4-5,8-9,14H2. The molecule has 0 bridgehead atoms. The molecule has 3 aromatic rings. The summed E-state index contributed by atoms with van der Waals surface area (Å²) in [4.78, 5) is 17.0. The number of ketones is 1. The SMILES string of the molecule is O=C(CSc1nnc2c(n1)CCCC2)c1ccc(-c2ccccc2)cc1. The number of thioether (sulfide) groups is 1.